The van der Waals surface area contributed by atoms with Gasteiger partial charge in [0.15, 0.2) is 23.1 Å². The first-order valence-corrected chi connectivity index (χ1v) is 10.4. The second kappa shape index (κ2) is 11.3. The maximum absolute atomic E-state index is 12.4. The SMILES string of the molecule is COc1c(C(=O)c2ccccc2)cc(O)c(O)c1OC.O=C(c1ccccc1)c1ccccc1. The van der Waals surface area contributed by atoms with Crippen LogP contribution in [-0.2, 0) is 0 Å². The summed E-state index contributed by atoms with van der Waals surface area (Å²) in [6.45, 7) is 0. The van der Waals surface area contributed by atoms with Gasteiger partial charge in [-0.3, -0.25) is 9.59 Å². The van der Waals surface area contributed by atoms with Crippen LogP contribution >= 0.6 is 0 Å². The number of benzene rings is 4. The Labute approximate surface area is 197 Å². The molecule has 6 heteroatoms. The Morgan fingerprint density at radius 3 is 1.35 bits per heavy atom. The molecule has 0 aromatic heterocycles. The Hall–Kier alpha value is -4.58. The molecule has 2 N–H and O–H groups in total. The molecule has 0 fully saturated rings. The molecule has 4 aromatic carbocycles. The maximum atomic E-state index is 12.4. The van der Waals surface area contributed by atoms with Crippen LogP contribution in [0, 0.1) is 0 Å². The van der Waals surface area contributed by atoms with Gasteiger partial charge in [-0.05, 0) is 6.07 Å². The van der Waals surface area contributed by atoms with Crippen molar-refractivity contribution in [1.82, 2.24) is 0 Å². The average Bonchev–Trinajstić information content (AvgIpc) is 2.91. The zero-order chi connectivity index (χ0) is 24.5. The molecule has 4 aromatic rings. The molecule has 0 saturated heterocycles. The van der Waals surface area contributed by atoms with E-state index in [9.17, 15) is 19.8 Å². The van der Waals surface area contributed by atoms with E-state index in [0.29, 0.717) is 5.56 Å². The first-order valence-electron chi connectivity index (χ1n) is 10.4. The van der Waals surface area contributed by atoms with E-state index in [-0.39, 0.29) is 28.6 Å². The third kappa shape index (κ3) is 5.42. The number of rotatable bonds is 6. The minimum atomic E-state index is -0.464. The molecular formula is C28H24O6. The van der Waals surface area contributed by atoms with Gasteiger partial charge in [0.25, 0.3) is 0 Å². The maximum Gasteiger partial charge on any atom is 0.207 e. The summed E-state index contributed by atoms with van der Waals surface area (Å²) in [4.78, 5) is 24.3. The van der Waals surface area contributed by atoms with Gasteiger partial charge in [-0.25, -0.2) is 0 Å². The summed E-state index contributed by atoms with van der Waals surface area (Å²) in [7, 11) is 2.67. The number of methoxy groups -OCH3 is 2. The highest BCUT2D eigenvalue weighted by Crippen LogP contribution is 2.45. The van der Waals surface area contributed by atoms with E-state index >= 15 is 0 Å². The third-order valence-corrected chi connectivity index (χ3v) is 4.95. The minimum Gasteiger partial charge on any atom is -0.504 e. The van der Waals surface area contributed by atoms with Crippen LogP contribution in [0.2, 0.25) is 0 Å². The van der Waals surface area contributed by atoms with Crippen LogP contribution in [0.1, 0.15) is 31.8 Å². The zero-order valence-electron chi connectivity index (χ0n) is 18.8. The molecular weight excluding hydrogens is 432 g/mol. The lowest BCUT2D eigenvalue weighted by molar-refractivity contribution is 0.102. The van der Waals surface area contributed by atoms with E-state index in [0.717, 1.165) is 17.2 Å². The molecule has 0 atom stereocenters. The highest BCUT2D eigenvalue weighted by Gasteiger charge is 2.24. The normalized spacial score (nSPS) is 9.94. The van der Waals surface area contributed by atoms with Crippen molar-refractivity contribution in [1.29, 1.82) is 0 Å². The molecule has 6 nitrogen and oxygen atoms in total. The molecule has 0 saturated carbocycles. The van der Waals surface area contributed by atoms with Gasteiger partial charge in [-0.2, -0.15) is 0 Å². The molecule has 0 aliphatic heterocycles. The van der Waals surface area contributed by atoms with Crippen LogP contribution in [0.5, 0.6) is 23.0 Å². The topological polar surface area (TPSA) is 93.1 Å². The highest BCUT2D eigenvalue weighted by molar-refractivity contribution is 6.11. The number of aromatic hydroxyl groups is 2. The number of carbonyl (C=O) groups excluding carboxylic acids is 2. The Morgan fingerprint density at radius 2 is 0.971 bits per heavy atom. The summed E-state index contributed by atoms with van der Waals surface area (Å²) in [5.41, 5.74) is 2.03. The fraction of sp³-hybridized carbons (Fsp3) is 0.0714. The van der Waals surface area contributed by atoms with Gasteiger partial charge in [-0.15, -0.1) is 0 Å². The summed E-state index contributed by atoms with van der Waals surface area (Å²) in [5.74, 6) is -1.17. The molecule has 0 heterocycles. The summed E-state index contributed by atoms with van der Waals surface area (Å²) >= 11 is 0. The lowest BCUT2D eigenvalue weighted by Crippen LogP contribution is -2.05. The van der Waals surface area contributed by atoms with E-state index in [1.165, 1.54) is 14.2 Å². The molecule has 0 spiro atoms. The van der Waals surface area contributed by atoms with E-state index in [4.69, 9.17) is 9.47 Å². The number of phenols is 2. The Kier molecular flexibility index (Phi) is 8.02. The van der Waals surface area contributed by atoms with Crippen LogP contribution in [0.15, 0.2) is 97.1 Å². The first kappa shape index (κ1) is 24.1. The van der Waals surface area contributed by atoms with Crippen molar-refractivity contribution in [2.75, 3.05) is 14.2 Å². The Morgan fingerprint density at radius 1 is 0.588 bits per heavy atom. The van der Waals surface area contributed by atoms with Crippen molar-refractivity contribution < 1.29 is 29.3 Å². The summed E-state index contributed by atoms with van der Waals surface area (Å²) in [5, 5.41) is 19.4. The number of phenolic OH excluding ortho intramolecular Hbond substituents is 2. The van der Waals surface area contributed by atoms with Gasteiger partial charge in [0.05, 0.1) is 19.8 Å². The van der Waals surface area contributed by atoms with Crippen LogP contribution in [0.4, 0.5) is 0 Å². The zero-order valence-corrected chi connectivity index (χ0v) is 18.8. The smallest absolute Gasteiger partial charge is 0.207 e. The largest absolute Gasteiger partial charge is 0.504 e. The molecule has 0 aliphatic carbocycles. The summed E-state index contributed by atoms with van der Waals surface area (Å²) in [6.07, 6.45) is 0. The van der Waals surface area contributed by atoms with Crippen molar-refractivity contribution in [3.63, 3.8) is 0 Å². The Bertz CT molecular complexity index is 1210. The number of ketones is 2. The monoisotopic (exact) mass is 456 g/mol. The molecule has 172 valence electrons. The van der Waals surface area contributed by atoms with Crippen LogP contribution in [0.3, 0.4) is 0 Å². The van der Waals surface area contributed by atoms with Crippen molar-refractivity contribution in [2.45, 2.75) is 0 Å². The third-order valence-electron chi connectivity index (χ3n) is 4.95. The second-order valence-electron chi connectivity index (χ2n) is 7.11. The van der Waals surface area contributed by atoms with E-state index in [2.05, 4.69) is 0 Å². The van der Waals surface area contributed by atoms with Gasteiger partial charge in [-0.1, -0.05) is 91.0 Å². The van der Waals surface area contributed by atoms with Gasteiger partial charge >= 0.3 is 0 Å². The molecule has 0 aliphatic rings. The average molecular weight is 456 g/mol. The predicted molar refractivity (Wildman–Crippen MR) is 129 cm³/mol. The second-order valence-corrected chi connectivity index (χ2v) is 7.11. The standard InChI is InChI=1S/C15H14O5.C13H10O/c1-19-14-10(8-11(16)13(18)15(14)20-2)12(17)9-6-4-3-5-7-9;14-13(11-7-3-1-4-8-11)12-9-5-2-6-10-12/h3-8,16,18H,1-2H3;1-10H. The lowest BCUT2D eigenvalue weighted by atomic mass is 10.0. The lowest BCUT2D eigenvalue weighted by Gasteiger charge is -2.14. The predicted octanol–water partition coefficient (Wildman–Crippen LogP) is 5.26. The van der Waals surface area contributed by atoms with Crippen molar-refractivity contribution in [3.8, 4) is 23.0 Å². The summed E-state index contributed by atoms with van der Waals surface area (Å²) in [6, 6.07) is 28.3. The van der Waals surface area contributed by atoms with E-state index in [1.54, 1.807) is 30.3 Å². The van der Waals surface area contributed by atoms with Gasteiger partial charge < -0.3 is 19.7 Å². The number of ether oxygens (including phenoxy) is 2. The molecule has 0 bridgehead atoms. The van der Waals surface area contributed by atoms with Gasteiger partial charge in [0.2, 0.25) is 11.5 Å². The number of hydrogen-bond donors (Lipinski definition) is 2. The minimum absolute atomic E-state index is 0.0752. The molecule has 4 rings (SSSR count). The fourth-order valence-electron chi connectivity index (χ4n) is 3.27. The molecule has 34 heavy (non-hydrogen) atoms. The van der Waals surface area contributed by atoms with Gasteiger partial charge in [0, 0.05) is 16.7 Å². The van der Waals surface area contributed by atoms with E-state index < -0.39 is 11.5 Å². The van der Waals surface area contributed by atoms with Crippen LogP contribution < -0.4 is 9.47 Å². The quantitative estimate of drug-likeness (QED) is 0.304. The molecule has 0 radical (unpaired) electrons. The van der Waals surface area contributed by atoms with Gasteiger partial charge in [0.1, 0.15) is 0 Å². The van der Waals surface area contributed by atoms with Crippen molar-refractivity contribution >= 4 is 11.6 Å². The van der Waals surface area contributed by atoms with Crippen molar-refractivity contribution in [2.24, 2.45) is 0 Å². The molecule has 0 amide bonds. The summed E-state index contributed by atoms with van der Waals surface area (Å²) < 4.78 is 10.1. The van der Waals surface area contributed by atoms with E-state index in [1.807, 2.05) is 60.7 Å². The Balaban J connectivity index is 0.000000202. The molecule has 0 unspecified atom stereocenters. The van der Waals surface area contributed by atoms with Crippen LogP contribution in [-0.4, -0.2) is 36.0 Å². The van der Waals surface area contributed by atoms with Crippen molar-refractivity contribution in [3.05, 3.63) is 119 Å². The number of carbonyl (C=O) groups is 2. The first-order chi connectivity index (χ1) is 16.5. The fourth-order valence-corrected chi connectivity index (χ4v) is 3.27. The van der Waals surface area contributed by atoms with Crippen LogP contribution in [0.25, 0.3) is 0 Å². The highest BCUT2D eigenvalue weighted by atomic mass is 16.5. The number of hydrogen-bond acceptors (Lipinski definition) is 6.